The molecule has 1 atom stereocenters. The Bertz CT molecular complexity index is 138. The Morgan fingerprint density at radius 1 is 1.89 bits per heavy atom. The van der Waals surface area contributed by atoms with Crippen LogP contribution in [0.1, 0.15) is 19.8 Å². The predicted molar refractivity (Wildman–Crippen MR) is 33.9 cm³/mol. The van der Waals surface area contributed by atoms with Crippen molar-refractivity contribution in [3.05, 3.63) is 11.8 Å². The number of aldehydes is 1. The number of allylic oxidation sites excluding steroid dienone is 2. The lowest BCUT2D eigenvalue weighted by Crippen LogP contribution is -2.16. The van der Waals surface area contributed by atoms with Gasteiger partial charge < -0.3 is 4.74 Å². The molecule has 0 aliphatic carbocycles. The predicted octanol–water partition coefficient (Wildman–Crippen LogP) is 1.27. The molecular formula is C7H10O2. The molecule has 1 unspecified atom stereocenters. The molecule has 50 valence electrons. The summed E-state index contributed by atoms with van der Waals surface area (Å²) in [5, 5.41) is 0. The highest BCUT2D eigenvalue weighted by atomic mass is 16.5. The van der Waals surface area contributed by atoms with E-state index in [9.17, 15) is 4.79 Å². The Labute approximate surface area is 54.5 Å². The van der Waals surface area contributed by atoms with E-state index in [1.54, 1.807) is 0 Å². The van der Waals surface area contributed by atoms with Gasteiger partial charge in [-0.3, -0.25) is 4.79 Å². The summed E-state index contributed by atoms with van der Waals surface area (Å²) in [5.74, 6) is 0.873. The van der Waals surface area contributed by atoms with E-state index in [1.165, 1.54) is 0 Å². The monoisotopic (exact) mass is 126 g/mol. The molecule has 2 nitrogen and oxygen atoms in total. The van der Waals surface area contributed by atoms with Crippen molar-refractivity contribution in [1.29, 1.82) is 0 Å². The van der Waals surface area contributed by atoms with Gasteiger partial charge in [0.1, 0.15) is 0 Å². The Hall–Kier alpha value is -0.790. The van der Waals surface area contributed by atoms with E-state index in [2.05, 4.69) is 0 Å². The molecule has 0 aromatic heterocycles. The van der Waals surface area contributed by atoms with Crippen LogP contribution in [0.15, 0.2) is 11.8 Å². The second kappa shape index (κ2) is 2.67. The van der Waals surface area contributed by atoms with Crippen LogP contribution in [0.5, 0.6) is 0 Å². The molecule has 0 bridgehead atoms. The van der Waals surface area contributed by atoms with Crippen molar-refractivity contribution in [1.82, 2.24) is 0 Å². The van der Waals surface area contributed by atoms with Gasteiger partial charge in [-0.1, -0.05) is 0 Å². The van der Waals surface area contributed by atoms with E-state index in [-0.39, 0.29) is 6.10 Å². The molecule has 0 amide bonds. The van der Waals surface area contributed by atoms with Crippen LogP contribution < -0.4 is 0 Å². The van der Waals surface area contributed by atoms with E-state index >= 15 is 0 Å². The summed E-state index contributed by atoms with van der Waals surface area (Å²) >= 11 is 0. The SMILES string of the molecule is CC1=CCCC(C=O)O1. The number of carbonyl (C=O) groups excluding carboxylic acids is 1. The fourth-order valence-corrected chi connectivity index (χ4v) is 0.892. The van der Waals surface area contributed by atoms with Crippen LogP contribution in [-0.4, -0.2) is 12.4 Å². The molecule has 1 rings (SSSR count). The Balaban J connectivity index is 2.48. The minimum Gasteiger partial charge on any atom is -0.488 e. The Morgan fingerprint density at radius 3 is 3.11 bits per heavy atom. The van der Waals surface area contributed by atoms with Crippen molar-refractivity contribution < 1.29 is 9.53 Å². The van der Waals surface area contributed by atoms with Gasteiger partial charge in [-0.2, -0.15) is 0 Å². The van der Waals surface area contributed by atoms with Crippen molar-refractivity contribution in [2.45, 2.75) is 25.9 Å². The molecule has 1 aliphatic heterocycles. The third-order valence-electron chi connectivity index (χ3n) is 1.37. The van der Waals surface area contributed by atoms with Crippen molar-refractivity contribution in [3.8, 4) is 0 Å². The molecule has 0 spiro atoms. The summed E-state index contributed by atoms with van der Waals surface area (Å²) in [6, 6.07) is 0. The van der Waals surface area contributed by atoms with Crippen molar-refractivity contribution in [2.24, 2.45) is 0 Å². The Morgan fingerprint density at radius 2 is 2.67 bits per heavy atom. The third kappa shape index (κ3) is 1.56. The van der Waals surface area contributed by atoms with E-state index in [0.29, 0.717) is 0 Å². The van der Waals surface area contributed by atoms with Crippen LogP contribution in [-0.2, 0) is 9.53 Å². The van der Waals surface area contributed by atoms with Gasteiger partial charge in [0.05, 0.1) is 5.76 Å². The van der Waals surface area contributed by atoms with Gasteiger partial charge in [-0.15, -0.1) is 0 Å². The van der Waals surface area contributed by atoms with Crippen molar-refractivity contribution >= 4 is 6.29 Å². The number of hydrogen-bond donors (Lipinski definition) is 0. The van der Waals surface area contributed by atoms with Gasteiger partial charge in [-0.05, 0) is 25.8 Å². The van der Waals surface area contributed by atoms with E-state index < -0.39 is 0 Å². The first-order chi connectivity index (χ1) is 4.33. The zero-order valence-electron chi connectivity index (χ0n) is 5.46. The van der Waals surface area contributed by atoms with E-state index in [0.717, 1.165) is 24.9 Å². The molecule has 1 heterocycles. The number of ether oxygens (including phenoxy) is 1. The van der Waals surface area contributed by atoms with Gasteiger partial charge in [-0.25, -0.2) is 0 Å². The quantitative estimate of drug-likeness (QED) is 0.494. The highest BCUT2D eigenvalue weighted by Crippen LogP contribution is 2.13. The molecule has 1 aliphatic rings. The number of hydrogen-bond acceptors (Lipinski definition) is 2. The molecular weight excluding hydrogens is 116 g/mol. The highest BCUT2D eigenvalue weighted by molar-refractivity contribution is 5.56. The maximum atomic E-state index is 10.2. The van der Waals surface area contributed by atoms with Crippen LogP contribution in [0.4, 0.5) is 0 Å². The van der Waals surface area contributed by atoms with Crippen LogP contribution in [0, 0.1) is 0 Å². The summed E-state index contributed by atoms with van der Waals surface area (Å²) < 4.78 is 5.13. The third-order valence-corrected chi connectivity index (χ3v) is 1.37. The molecule has 9 heavy (non-hydrogen) atoms. The molecule has 0 saturated carbocycles. The average molecular weight is 126 g/mol. The summed E-state index contributed by atoms with van der Waals surface area (Å²) in [4.78, 5) is 10.2. The molecule has 0 aromatic carbocycles. The zero-order valence-corrected chi connectivity index (χ0v) is 5.46. The lowest BCUT2D eigenvalue weighted by Gasteiger charge is -2.17. The van der Waals surface area contributed by atoms with Crippen LogP contribution in [0.25, 0.3) is 0 Å². The molecule has 0 N–H and O–H groups in total. The van der Waals surface area contributed by atoms with Crippen molar-refractivity contribution in [3.63, 3.8) is 0 Å². The molecule has 0 fully saturated rings. The second-order valence-electron chi connectivity index (χ2n) is 2.18. The van der Waals surface area contributed by atoms with Crippen LogP contribution in [0.3, 0.4) is 0 Å². The first-order valence-electron chi connectivity index (χ1n) is 3.11. The highest BCUT2D eigenvalue weighted by Gasteiger charge is 2.11. The largest absolute Gasteiger partial charge is 0.488 e. The summed E-state index contributed by atoms with van der Waals surface area (Å²) in [5.41, 5.74) is 0. The first kappa shape index (κ1) is 6.33. The van der Waals surface area contributed by atoms with Gasteiger partial charge in [0.2, 0.25) is 0 Å². The zero-order chi connectivity index (χ0) is 6.69. The maximum absolute atomic E-state index is 10.2. The molecule has 2 heteroatoms. The topological polar surface area (TPSA) is 26.3 Å². The Kier molecular flexibility index (Phi) is 1.88. The van der Waals surface area contributed by atoms with Crippen LogP contribution in [0.2, 0.25) is 0 Å². The molecule has 0 radical (unpaired) electrons. The fourth-order valence-electron chi connectivity index (χ4n) is 0.892. The maximum Gasteiger partial charge on any atom is 0.160 e. The number of rotatable bonds is 1. The minimum absolute atomic E-state index is 0.185. The number of carbonyl (C=O) groups is 1. The lowest BCUT2D eigenvalue weighted by atomic mass is 10.1. The van der Waals surface area contributed by atoms with E-state index in [4.69, 9.17) is 4.74 Å². The first-order valence-corrected chi connectivity index (χ1v) is 3.11. The van der Waals surface area contributed by atoms with Gasteiger partial charge in [0, 0.05) is 0 Å². The van der Waals surface area contributed by atoms with Gasteiger partial charge in [0.25, 0.3) is 0 Å². The van der Waals surface area contributed by atoms with Crippen molar-refractivity contribution in [2.75, 3.05) is 0 Å². The van der Waals surface area contributed by atoms with Gasteiger partial charge in [0.15, 0.2) is 12.4 Å². The summed E-state index contributed by atoms with van der Waals surface area (Å²) in [6.45, 7) is 1.87. The molecule has 0 aromatic rings. The van der Waals surface area contributed by atoms with Gasteiger partial charge >= 0.3 is 0 Å². The minimum atomic E-state index is -0.185. The standard InChI is InChI=1S/C7H10O2/c1-6-3-2-4-7(5-8)9-6/h3,5,7H,2,4H2,1H3. The molecule has 0 saturated heterocycles. The smallest absolute Gasteiger partial charge is 0.160 e. The van der Waals surface area contributed by atoms with E-state index in [1.807, 2.05) is 13.0 Å². The normalized spacial score (nSPS) is 26.3. The summed E-state index contributed by atoms with van der Waals surface area (Å²) in [6.07, 6.45) is 4.47. The average Bonchev–Trinajstić information content (AvgIpc) is 1.88. The lowest BCUT2D eigenvalue weighted by molar-refractivity contribution is -0.116. The second-order valence-corrected chi connectivity index (χ2v) is 2.18. The summed E-state index contributed by atoms with van der Waals surface area (Å²) in [7, 11) is 0. The van der Waals surface area contributed by atoms with Crippen LogP contribution >= 0.6 is 0 Å². The fraction of sp³-hybridized carbons (Fsp3) is 0.571.